The molecule has 0 atom stereocenters. The van der Waals surface area contributed by atoms with Gasteiger partial charge in [0.1, 0.15) is 0 Å². The average molecular weight is 325 g/mol. The van der Waals surface area contributed by atoms with Gasteiger partial charge in [-0.1, -0.05) is 11.6 Å². The first-order valence-corrected chi connectivity index (χ1v) is 5.97. The van der Waals surface area contributed by atoms with Crippen LogP contribution in [0.2, 0.25) is 5.02 Å². The van der Waals surface area contributed by atoms with Crippen LogP contribution in [0.25, 0.3) is 10.1 Å². The smallest absolute Gasteiger partial charge is 0.0702 e. The molecule has 2 aromatic rings. The third-order valence-electron chi connectivity index (χ3n) is 1.88. The Kier molecular flexibility index (Phi) is 2.78. The van der Waals surface area contributed by atoms with Crippen LogP contribution in [-0.4, -0.2) is 5.11 Å². The van der Waals surface area contributed by atoms with Crippen LogP contribution < -0.4 is 0 Å². The maximum absolute atomic E-state index is 9.14. The Morgan fingerprint density at radius 1 is 1.46 bits per heavy atom. The minimum Gasteiger partial charge on any atom is -0.392 e. The topological polar surface area (TPSA) is 20.2 Å². The van der Waals surface area contributed by atoms with Crippen LogP contribution in [0.3, 0.4) is 0 Å². The van der Waals surface area contributed by atoms with Gasteiger partial charge in [0.2, 0.25) is 0 Å². The molecule has 0 saturated carbocycles. The van der Waals surface area contributed by atoms with Crippen molar-refractivity contribution in [2.24, 2.45) is 0 Å². The maximum atomic E-state index is 9.14. The van der Waals surface area contributed by atoms with Crippen molar-refractivity contribution in [3.8, 4) is 0 Å². The SMILES string of the molecule is OCc1c(Cl)ccc2sc(I)cc12. The van der Waals surface area contributed by atoms with E-state index in [1.807, 2.05) is 12.1 Å². The average Bonchev–Trinajstić information content (AvgIpc) is 2.45. The third kappa shape index (κ3) is 1.70. The number of fused-ring (bicyclic) bond motifs is 1. The molecule has 0 radical (unpaired) electrons. The molecule has 1 heterocycles. The molecule has 1 nitrogen and oxygen atoms in total. The lowest BCUT2D eigenvalue weighted by atomic mass is 10.1. The van der Waals surface area contributed by atoms with Gasteiger partial charge in [-0.25, -0.2) is 0 Å². The second-order valence-corrected chi connectivity index (χ2v) is 6.03. The Bertz CT molecular complexity index is 452. The molecule has 0 aliphatic rings. The molecule has 0 fully saturated rings. The molecule has 0 unspecified atom stereocenters. The van der Waals surface area contributed by atoms with Crippen molar-refractivity contribution in [2.75, 3.05) is 0 Å². The molecule has 1 aromatic heterocycles. The highest BCUT2D eigenvalue weighted by molar-refractivity contribution is 14.1. The summed E-state index contributed by atoms with van der Waals surface area (Å²) in [5.74, 6) is 0. The van der Waals surface area contributed by atoms with E-state index in [9.17, 15) is 0 Å². The van der Waals surface area contributed by atoms with Crippen LogP contribution in [0.5, 0.6) is 0 Å². The Morgan fingerprint density at radius 2 is 2.23 bits per heavy atom. The summed E-state index contributed by atoms with van der Waals surface area (Å²) in [7, 11) is 0. The molecule has 68 valence electrons. The summed E-state index contributed by atoms with van der Waals surface area (Å²) in [5.41, 5.74) is 0.832. The first-order valence-electron chi connectivity index (χ1n) is 3.69. The summed E-state index contributed by atoms with van der Waals surface area (Å²) in [6.07, 6.45) is 0. The highest BCUT2D eigenvalue weighted by Gasteiger charge is 2.07. The minimum absolute atomic E-state index is 0.00296. The standard InChI is InChI=1S/C9H6ClIOS/c10-7-1-2-8-5(6(7)4-12)3-9(11)13-8/h1-3,12H,4H2. The summed E-state index contributed by atoms with van der Waals surface area (Å²) in [6.45, 7) is 0.00296. The first-order chi connectivity index (χ1) is 6.22. The van der Waals surface area contributed by atoms with Gasteiger partial charge in [-0.2, -0.15) is 0 Å². The van der Waals surface area contributed by atoms with E-state index in [1.54, 1.807) is 11.3 Å². The van der Waals surface area contributed by atoms with Crippen molar-refractivity contribution < 1.29 is 5.11 Å². The molecule has 0 spiro atoms. The highest BCUT2D eigenvalue weighted by atomic mass is 127. The number of benzene rings is 1. The fourth-order valence-electron chi connectivity index (χ4n) is 1.27. The lowest BCUT2D eigenvalue weighted by Gasteiger charge is -2.00. The molecule has 4 heteroatoms. The lowest BCUT2D eigenvalue weighted by Crippen LogP contribution is -1.84. The van der Waals surface area contributed by atoms with Gasteiger partial charge in [0.15, 0.2) is 0 Å². The number of halogens is 2. The van der Waals surface area contributed by atoms with Crippen molar-refractivity contribution in [1.29, 1.82) is 0 Å². The van der Waals surface area contributed by atoms with Crippen LogP contribution in [0.15, 0.2) is 18.2 Å². The van der Waals surface area contributed by atoms with Gasteiger partial charge in [0.25, 0.3) is 0 Å². The van der Waals surface area contributed by atoms with Gasteiger partial charge >= 0.3 is 0 Å². The van der Waals surface area contributed by atoms with Gasteiger partial charge in [-0.05, 0) is 40.8 Å². The van der Waals surface area contributed by atoms with Crippen molar-refractivity contribution in [2.45, 2.75) is 6.61 Å². The second kappa shape index (κ2) is 3.73. The van der Waals surface area contributed by atoms with E-state index < -0.39 is 0 Å². The monoisotopic (exact) mass is 324 g/mol. The zero-order valence-electron chi connectivity index (χ0n) is 6.55. The Morgan fingerprint density at radius 3 is 2.92 bits per heavy atom. The Labute approximate surface area is 98.5 Å². The third-order valence-corrected chi connectivity index (χ3v) is 4.10. The number of aliphatic hydroxyl groups excluding tert-OH is 1. The summed E-state index contributed by atoms with van der Waals surface area (Å²) >= 11 is 9.93. The van der Waals surface area contributed by atoms with Crippen LogP contribution in [0.4, 0.5) is 0 Å². The van der Waals surface area contributed by atoms with Gasteiger partial charge in [-0.3, -0.25) is 0 Å². The number of rotatable bonds is 1. The van der Waals surface area contributed by atoms with Gasteiger partial charge < -0.3 is 5.11 Å². The predicted molar refractivity (Wildman–Crippen MR) is 65.5 cm³/mol. The molecule has 1 N–H and O–H groups in total. The Balaban J connectivity index is 2.82. The summed E-state index contributed by atoms with van der Waals surface area (Å²) in [4.78, 5) is 0. The van der Waals surface area contributed by atoms with Crippen LogP contribution in [-0.2, 0) is 6.61 Å². The van der Waals surface area contributed by atoms with E-state index in [-0.39, 0.29) is 6.61 Å². The molecule has 2 rings (SSSR count). The molecule has 0 amide bonds. The lowest BCUT2D eigenvalue weighted by molar-refractivity contribution is 0.283. The first kappa shape index (κ1) is 9.71. The number of thiophene rings is 1. The molecular weight excluding hydrogens is 319 g/mol. The molecule has 0 aliphatic heterocycles. The quantitative estimate of drug-likeness (QED) is 0.794. The largest absolute Gasteiger partial charge is 0.392 e. The van der Waals surface area contributed by atoms with E-state index in [2.05, 4.69) is 28.7 Å². The molecule has 13 heavy (non-hydrogen) atoms. The molecular formula is C9H6ClIOS. The zero-order valence-corrected chi connectivity index (χ0v) is 10.3. The van der Waals surface area contributed by atoms with E-state index in [0.29, 0.717) is 5.02 Å². The maximum Gasteiger partial charge on any atom is 0.0702 e. The van der Waals surface area contributed by atoms with Gasteiger partial charge in [0, 0.05) is 20.7 Å². The predicted octanol–water partition coefficient (Wildman–Crippen LogP) is 3.65. The van der Waals surface area contributed by atoms with Crippen molar-refractivity contribution in [1.82, 2.24) is 0 Å². The zero-order chi connectivity index (χ0) is 9.42. The van der Waals surface area contributed by atoms with Crippen LogP contribution in [0, 0.1) is 2.88 Å². The second-order valence-electron chi connectivity index (χ2n) is 2.65. The number of aliphatic hydroxyl groups is 1. The van der Waals surface area contributed by atoms with Crippen molar-refractivity contribution in [3.05, 3.63) is 31.7 Å². The van der Waals surface area contributed by atoms with Crippen LogP contribution >= 0.6 is 45.5 Å². The van der Waals surface area contributed by atoms with Gasteiger partial charge in [-0.15, -0.1) is 11.3 Å². The summed E-state index contributed by atoms with van der Waals surface area (Å²) in [6, 6.07) is 5.88. The Hall–Kier alpha value is 0.160. The molecule has 0 bridgehead atoms. The number of hydrogen-bond acceptors (Lipinski definition) is 2. The van der Waals surface area contributed by atoms with E-state index in [4.69, 9.17) is 16.7 Å². The van der Waals surface area contributed by atoms with E-state index >= 15 is 0 Å². The minimum atomic E-state index is 0.00296. The van der Waals surface area contributed by atoms with E-state index in [0.717, 1.165) is 10.9 Å². The van der Waals surface area contributed by atoms with E-state index in [1.165, 1.54) is 7.58 Å². The fourth-order valence-corrected chi connectivity index (χ4v) is 3.34. The summed E-state index contributed by atoms with van der Waals surface area (Å²) < 4.78 is 2.39. The summed E-state index contributed by atoms with van der Waals surface area (Å²) in [5, 5.41) is 10.9. The number of hydrogen-bond donors (Lipinski definition) is 1. The highest BCUT2D eigenvalue weighted by Crippen LogP contribution is 2.32. The normalized spacial score (nSPS) is 11.0. The van der Waals surface area contributed by atoms with Crippen molar-refractivity contribution >= 4 is 55.6 Å². The fraction of sp³-hybridized carbons (Fsp3) is 0.111. The molecule has 0 saturated heterocycles. The van der Waals surface area contributed by atoms with Gasteiger partial charge in [0.05, 0.1) is 9.49 Å². The van der Waals surface area contributed by atoms with Crippen molar-refractivity contribution in [3.63, 3.8) is 0 Å². The van der Waals surface area contributed by atoms with Crippen LogP contribution in [0.1, 0.15) is 5.56 Å². The molecule has 0 aliphatic carbocycles. The molecule has 1 aromatic carbocycles.